The molecule has 1 aromatic heterocycles. The van der Waals surface area contributed by atoms with Gasteiger partial charge in [-0.3, -0.25) is 4.98 Å². The standard InChI is InChI=1S/C17H22N2O/c1-11-9-12(2)18-13(3)17(11)14(4)19-16-7-5-15(10-20)6-8-16/h5-9,14,19-20H,10H2,1-4H3. The zero-order chi connectivity index (χ0) is 14.7. The van der Waals surface area contributed by atoms with Crippen LogP contribution in [-0.4, -0.2) is 10.1 Å². The number of anilines is 1. The SMILES string of the molecule is Cc1cc(C)c(C(C)Nc2ccc(CO)cc2)c(C)n1. The van der Waals surface area contributed by atoms with Gasteiger partial charge in [-0.05, 0) is 62.6 Å². The third kappa shape index (κ3) is 3.17. The first-order valence-corrected chi connectivity index (χ1v) is 6.92. The molecule has 1 unspecified atom stereocenters. The van der Waals surface area contributed by atoms with E-state index in [2.05, 4.69) is 37.1 Å². The van der Waals surface area contributed by atoms with Gasteiger partial charge in [0.2, 0.25) is 0 Å². The molecule has 1 heterocycles. The molecule has 0 fully saturated rings. The second-order valence-electron chi connectivity index (χ2n) is 5.30. The molecule has 0 amide bonds. The predicted octanol–water partition coefficient (Wildman–Crippen LogP) is 3.67. The minimum Gasteiger partial charge on any atom is -0.392 e. The molecule has 0 spiro atoms. The lowest BCUT2D eigenvalue weighted by Gasteiger charge is -2.20. The van der Waals surface area contributed by atoms with Gasteiger partial charge in [0.05, 0.1) is 12.6 Å². The van der Waals surface area contributed by atoms with Crippen molar-refractivity contribution < 1.29 is 5.11 Å². The fraction of sp³-hybridized carbons (Fsp3) is 0.353. The van der Waals surface area contributed by atoms with Crippen molar-refractivity contribution in [3.63, 3.8) is 0 Å². The van der Waals surface area contributed by atoms with Gasteiger partial charge >= 0.3 is 0 Å². The van der Waals surface area contributed by atoms with E-state index in [0.717, 1.165) is 22.6 Å². The molecule has 0 radical (unpaired) electrons. The summed E-state index contributed by atoms with van der Waals surface area (Å²) in [5.41, 5.74) is 6.63. The summed E-state index contributed by atoms with van der Waals surface area (Å²) < 4.78 is 0. The summed E-state index contributed by atoms with van der Waals surface area (Å²) in [7, 11) is 0. The second kappa shape index (κ2) is 6.06. The van der Waals surface area contributed by atoms with Crippen molar-refractivity contribution in [1.82, 2.24) is 4.98 Å². The van der Waals surface area contributed by atoms with Crippen LogP contribution in [0.5, 0.6) is 0 Å². The molecule has 0 aliphatic heterocycles. The number of pyridine rings is 1. The van der Waals surface area contributed by atoms with Gasteiger partial charge in [-0.15, -0.1) is 0 Å². The zero-order valence-electron chi connectivity index (χ0n) is 12.6. The van der Waals surface area contributed by atoms with Crippen molar-refractivity contribution in [2.45, 2.75) is 40.3 Å². The van der Waals surface area contributed by atoms with E-state index in [1.54, 1.807) is 0 Å². The van der Waals surface area contributed by atoms with Crippen molar-refractivity contribution in [3.05, 3.63) is 58.4 Å². The Balaban J connectivity index is 2.21. The number of nitrogens with one attached hydrogen (secondary N) is 1. The Labute approximate surface area is 120 Å². The lowest BCUT2D eigenvalue weighted by atomic mass is 10.00. The Morgan fingerprint density at radius 2 is 1.80 bits per heavy atom. The minimum atomic E-state index is 0.0793. The average Bonchev–Trinajstić information content (AvgIpc) is 2.38. The molecule has 0 saturated heterocycles. The van der Waals surface area contributed by atoms with Gasteiger partial charge in [-0.25, -0.2) is 0 Å². The Kier molecular flexibility index (Phi) is 4.40. The van der Waals surface area contributed by atoms with Gasteiger partial charge in [0.25, 0.3) is 0 Å². The zero-order valence-corrected chi connectivity index (χ0v) is 12.6. The van der Waals surface area contributed by atoms with E-state index in [0.29, 0.717) is 0 Å². The maximum Gasteiger partial charge on any atom is 0.0681 e. The molecule has 1 aromatic carbocycles. The smallest absolute Gasteiger partial charge is 0.0681 e. The van der Waals surface area contributed by atoms with E-state index in [4.69, 9.17) is 5.11 Å². The summed E-state index contributed by atoms with van der Waals surface area (Å²) in [6, 6.07) is 10.2. The molecule has 2 N–H and O–H groups in total. The molecule has 0 aliphatic carbocycles. The van der Waals surface area contributed by atoms with Gasteiger partial charge in [0, 0.05) is 17.1 Å². The highest BCUT2D eigenvalue weighted by molar-refractivity contribution is 5.48. The number of rotatable bonds is 4. The first kappa shape index (κ1) is 14.5. The van der Waals surface area contributed by atoms with Crippen LogP contribution >= 0.6 is 0 Å². The predicted molar refractivity (Wildman–Crippen MR) is 82.9 cm³/mol. The average molecular weight is 270 g/mol. The number of nitrogens with zero attached hydrogens (tertiary/aromatic N) is 1. The fourth-order valence-electron chi connectivity index (χ4n) is 2.72. The molecule has 0 saturated carbocycles. The van der Waals surface area contributed by atoms with Gasteiger partial charge in [0.1, 0.15) is 0 Å². The molecular weight excluding hydrogens is 248 g/mol. The fourth-order valence-corrected chi connectivity index (χ4v) is 2.72. The van der Waals surface area contributed by atoms with E-state index in [1.807, 2.05) is 31.2 Å². The van der Waals surface area contributed by atoms with Crippen molar-refractivity contribution in [2.24, 2.45) is 0 Å². The second-order valence-corrected chi connectivity index (χ2v) is 5.30. The largest absolute Gasteiger partial charge is 0.392 e. The monoisotopic (exact) mass is 270 g/mol. The van der Waals surface area contributed by atoms with E-state index < -0.39 is 0 Å². The summed E-state index contributed by atoms with van der Waals surface area (Å²) in [6.07, 6.45) is 0. The van der Waals surface area contributed by atoms with Crippen LogP contribution in [0, 0.1) is 20.8 Å². The van der Waals surface area contributed by atoms with E-state index in [-0.39, 0.29) is 12.6 Å². The van der Waals surface area contributed by atoms with Gasteiger partial charge in [-0.1, -0.05) is 12.1 Å². The van der Waals surface area contributed by atoms with E-state index >= 15 is 0 Å². The third-order valence-electron chi connectivity index (χ3n) is 3.54. The van der Waals surface area contributed by atoms with Gasteiger partial charge < -0.3 is 10.4 Å². The highest BCUT2D eigenvalue weighted by Gasteiger charge is 2.13. The highest BCUT2D eigenvalue weighted by atomic mass is 16.3. The van der Waals surface area contributed by atoms with Crippen LogP contribution in [0.4, 0.5) is 5.69 Å². The van der Waals surface area contributed by atoms with Crippen LogP contribution < -0.4 is 5.32 Å². The molecule has 3 nitrogen and oxygen atoms in total. The van der Waals surface area contributed by atoms with Crippen LogP contribution in [0.3, 0.4) is 0 Å². The van der Waals surface area contributed by atoms with Crippen molar-refractivity contribution in [3.8, 4) is 0 Å². The van der Waals surface area contributed by atoms with Crippen molar-refractivity contribution >= 4 is 5.69 Å². The number of aliphatic hydroxyl groups excluding tert-OH is 1. The summed E-state index contributed by atoms with van der Waals surface area (Å²) >= 11 is 0. The number of hydrogen-bond donors (Lipinski definition) is 2. The van der Waals surface area contributed by atoms with E-state index in [9.17, 15) is 0 Å². The summed E-state index contributed by atoms with van der Waals surface area (Å²) in [4.78, 5) is 4.55. The summed E-state index contributed by atoms with van der Waals surface area (Å²) in [6.45, 7) is 8.43. The first-order valence-electron chi connectivity index (χ1n) is 6.92. The number of hydrogen-bond acceptors (Lipinski definition) is 3. The first-order chi connectivity index (χ1) is 9.51. The van der Waals surface area contributed by atoms with Gasteiger partial charge in [0.15, 0.2) is 0 Å². The quantitative estimate of drug-likeness (QED) is 0.891. The maximum atomic E-state index is 9.06. The molecule has 2 aromatic rings. The Morgan fingerprint density at radius 1 is 1.15 bits per heavy atom. The van der Waals surface area contributed by atoms with Crippen molar-refractivity contribution in [1.29, 1.82) is 0 Å². The number of aryl methyl sites for hydroxylation is 3. The molecule has 0 bridgehead atoms. The molecule has 20 heavy (non-hydrogen) atoms. The molecule has 1 atom stereocenters. The number of aliphatic hydroxyl groups is 1. The van der Waals surface area contributed by atoms with Crippen LogP contribution in [0.2, 0.25) is 0 Å². The van der Waals surface area contributed by atoms with Crippen LogP contribution in [0.1, 0.15) is 41.0 Å². The minimum absolute atomic E-state index is 0.0793. The topological polar surface area (TPSA) is 45.1 Å². The summed E-state index contributed by atoms with van der Waals surface area (Å²) in [5.74, 6) is 0. The third-order valence-corrected chi connectivity index (χ3v) is 3.54. The van der Waals surface area contributed by atoms with Gasteiger partial charge in [-0.2, -0.15) is 0 Å². The highest BCUT2D eigenvalue weighted by Crippen LogP contribution is 2.25. The van der Waals surface area contributed by atoms with Crippen molar-refractivity contribution in [2.75, 3.05) is 5.32 Å². The van der Waals surface area contributed by atoms with Crippen LogP contribution in [0.15, 0.2) is 30.3 Å². The van der Waals surface area contributed by atoms with Crippen LogP contribution in [-0.2, 0) is 6.61 Å². The lowest BCUT2D eigenvalue weighted by Crippen LogP contribution is -2.11. The molecular formula is C17H22N2O. The maximum absolute atomic E-state index is 9.06. The molecule has 0 aliphatic rings. The number of aromatic nitrogens is 1. The Bertz CT molecular complexity index is 567. The molecule has 2 rings (SSSR count). The lowest BCUT2D eigenvalue weighted by molar-refractivity contribution is 0.282. The molecule has 3 heteroatoms. The Hall–Kier alpha value is -1.87. The molecule has 106 valence electrons. The Morgan fingerprint density at radius 3 is 2.35 bits per heavy atom. The van der Waals surface area contributed by atoms with Crippen LogP contribution in [0.25, 0.3) is 0 Å². The van der Waals surface area contributed by atoms with E-state index in [1.165, 1.54) is 11.1 Å². The number of benzene rings is 1. The normalized spacial score (nSPS) is 12.2. The summed E-state index contributed by atoms with van der Waals surface area (Å²) in [5, 5.41) is 12.5.